The van der Waals surface area contributed by atoms with E-state index in [0.717, 1.165) is 29.1 Å². The second kappa shape index (κ2) is 7.58. The first kappa shape index (κ1) is 17.2. The zero-order valence-corrected chi connectivity index (χ0v) is 15.8. The van der Waals surface area contributed by atoms with E-state index in [9.17, 15) is 0 Å². The van der Waals surface area contributed by atoms with Crippen LogP contribution in [0.15, 0.2) is 84.9 Å². The number of ether oxygens (including phenoxy) is 1. The summed E-state index contributed by atoms with van der Waals surface area (Å²) in [6.07, 6.45) is 0. The third kappa shape index (κ3) is 3.54. The van der Waals surface area contributed by atoms with E-state index in [1.807, 2.05) is 6.07 Å². The maximum Gasteiger partial charge on any atom is 0.150 e. The van der Waals surface area contributed by atoms with Crippen LogP contribution in [0.5, 0.6) is 0 Å². The minimum atomic E-state index is 0.663. The minimum Gasteiger partial charge on any atom is -0.489 e. The van der Waals surface area contributed by atoms with Gasteiger partial charge in [-0.3, -0.25) is 0 Å². The summed E-state index contributed by atoms with van der Waals surface area (Å²) in [5.41, 5.74) is 5.73. The van der Waals surface area contributed by atoms with Crippen molar-refractivity contribution in [2.24, 2.45) is 0 Å². The van der Waals surface area contributed by atoms with E-state index < -0.39 is 0 Å². The second-order valence-corrected chi connectivity index (χ2v) is 6.82. The van der Waals surface area contributed by atoms with Gasteiger partial charge < -0.3 is 14.5 Å². The molecule has 0 radical (unpaired) electrons. The zero-order valence-electron chi connectivity index (χ0n) is 15.8. The van der Waals surface area contributed by atoms with Gasteiger partial charge >= 0.3 is 0 Å². The SMILES string of the molecule is CN(C)c1ccc(C2=C(c3ccccc3)N(c3ccccc3)CCO2)cc1. The molecule has 0 aliphatic carbocycles. The molecular formula is C24H24N2O. The Labute approximate surface area is 161 Å². The lowest BCUT2D eigenvalue weighted by atomic mass is 10.0. The van der Waals surface area contributed by atoms with Gasteiger partial charge in [-0.2, -0.15) is 0 Å². The summed E-state index contributed by atoms with van der Waals surface area (Å²) >= 11 is 0. The van der Waals surface area contributed by atoms with Crippen molar-refractivity contribution in [2.75, 3.05) is 37.0 Å². The average molecular weight is 356 g/mol. The van der Waals surface area contributed by atoms with Crippen molar-refractivity contribution in [3.8, 4) is 0 Å². The fraction of sp³-hybridized carbons (Fsp3) is 0.167. The van der Waals surface area contributed by atoms with Crippen molar-refractivity contribution in [3.63, 3.8) is 0 Å². The van der Waals surface area contributed by atoms with Crippen molar-refractivity contribution in [3.05, 3.63) is 96.1 Å². The molecule has 0 spiro atoms. The highest BCUT2D eigenvalue weighted by atomic mass is 16.5. The standard InChI is InChI=1S/C24H24N2O/c1-25(2)21-15-13-20(14-16-21)24-23(19-9-5-3-6-10-19)26(17-18-27-24)22-11-7-4-8-12-22/h3-16H,17-18H2,1-2H3. The summed E-state index contributed by atoms with van der Waals surface area (Å²) in [7, 11) is 4.11. The van der Waals surface area contributed by atoms with Gasteiger partial charge in [-0.25, -0.2) is 0 Å². The van der Waals surface area contributed by atoms with Crippen molar-refractivity contribution < 1.29 is 4.74 Å². The Morgan fingerprint density at radius 2 is 1.37 bits per heavy atom. The maximum absolute atomic E-state index is 6.21. The fourth-order valence-electron chi connectivity index (χ4n) is 3.42. The molecule has 0 amide bonds. The molecule has 3 heteroatoms. The van der Waals surface area contributed by atoms with Crippen LogP contribution in [0.25, 0.3) is 11.5 Å². The fourth-order valence-corrected chi connectivity index (χ4v) is 3.42. The molecule has 4 rings (SSSR count). The highest BCUT2D eigenvalue weighted by Crippen LogP contribution is 2.36. The third-order valence-electron chi connectivity index (χ3n) is 4.81. The van der Waals surface area contributed by atoms with Crippen LogP contribution in [0.1, 0.15) is 11.1 Å². The maximum atomic E-state index is 6.21. The molecule has 3 aromatic rings. The van der Waals surface area contributed by atoms with Gasteiger partial charge in [0.05, 0.1) is 12.2 Å². The molecule has 0 fully saturated rings. The highest BCUT2D eigenvalue weighted by molar-refractivity contribution is 5.95. The van der Waals surface area contributed by atoms with E-state index in [0.29, 0.717) is 6.61 Å². The Hall–Kier alpha value is -3.20. The lowest BCUT2D eigenvalue weighted by Crippen LogP contribution is -2.31. The molecule has 0 saturated carbocycles. The van der Waals surface area contributed by atoms with Gasteiger partial charge in [-0.05, 0) is 36.4 Å². The predicted octanol–water partition coefficient (Wildman–Crippen LogP) is 5.12. The van der Waals surface area contributed by atoms with E-state index in [1.54, 1.807) is 0 Å². The summed E-state index contributed by atoms with van der Waals surface area (Å²) in [5, 5.41) is 0. The lowest BCUT2D eigenvalue weighted by Gasteiger charge is -2.34. The van der Waals surface area contributed by atoms with E-state index >= 15 is 0 Å². The summed E-state index contributed by atoms with van der Waals surface area (Å²) < 4.78 is 6.21. The van der Waals surface area contributed by atoms with Crippen LogP contribution in [-0.4, -0.2) is 27.2 Å². The van der Waals surface area contributed by atoms with Crippen molar-refractivity contribution >= 4 is 22.8 Å². The second-order valence-electron chi connectivity index (χ2n) is 6.82. The first-order valence-corrected chi connectivity index (χ1v) is 9.27. The smallest absolute Gasteiger partial charge is 0.150 e. The number of para-hydroxylation sites is 1. The van der Waals surface area contributed by atoms with Crippen LogP contribution in [0, 0.1) is 0 Å². The summed E-state index contributed by atoms with van der Waals surface area (Å²) in [6.45, 7) is 1.49. The quantitative estimate of drug-likeness (QED) is 0.646. The molecule has 0 unspecified atom stereocenters. The van der Waals surface area contributed by atoms with E-state index in [-0.39, 0.29) is 0 Å². The third-order valence-corrected chi connectivity index (χ3v) is 4.81. The van der Waals surface area contributed by atoms with Gasteiger partial charge in [-0.1, -0.05) is 48.5 Å². The van der Waals surface area contributed by atoms with Gasteiger partial charge in [0, 0.05) is 36.6 Å². The van der Waals surface area contributed by atoms with E-state index in [2.05, 4.69) is 103 Å². The molecule has 27 heavy (non-hydrogen) atoms. The molecule has 0 atom stereocenters. The van der Waals surface area contributed by atoms with Crippen LogP contribution in [0.4, 0.5) is 11.4 Å². The molecular weight excluding hydrogens is 332 g/mol. The molecule has 0 saturated heterocycles. The molecule has 3 nitrogen and oxygen atoms in total. The number of rotatable bonds is 4. The zero-order chi connectivity index (χ0) is 18.6. The molecule has 0 N–H and O–H groups in total. The molecule has 3 aromatic carbocycles. The molecule has 1 aliphatic heterocycles. The molecule has 0 bridgehead atoms. The summed E-state index contributed by atoms with van der Waals surface area (Å²) in [6, 6.07) is 29.6. The first-order valence-electron chi connectivity index (χ1n) is 9.27. The largest absolute Gasteiger partial charge is 0.489 e. The Kier molecular flexibility index (Phi) is 4.84. The van der Waals surface area contributed by atoms with Gasteiger partial charge in [0.15, 0.2) is 5.76 Å². The number of hydrogen-bond acceptors (Lipinski definition) is 3. The van der Waals surface area contributed by atoms with Crippen LogP contribution in [-0.2, 0) is 4.74 Å². The van der Waals surface area contributed by atoms with Crippen LogP contribution in [0.2, 0.25) is 0 Å². The Balaban J connectivity index is 1.86. The molecule has 1 aliphatic rings. The first-order chi connectivity index (χ1) is 13.2. The van der Waals surface area contributed by atoms with Crippen LogP contribution < -0.4 is 9.80 Å². The molecule has 1 heterocycles. The lowest BCUT2D eigenvalue weighted by molar-refractivity contribution is 0.278. The predicted molar refractivity (Wildman–Crippen MR) is 114 cm³/mol. The Bertz CT molecular complexity index is 916. The van der Waals surface area contributed by atoms with Crippen LogP contribution in [0.3, 0.4) is 0 Å². The van der Waals surface area contributed by atoms with E-state index in [4.69, 9.17) is 4.74 Å². The Morgan fingerprint density at radius 1 is 0.741 bits per heavy atom. The van der Waals surface area contributed by atoms with Crippen LogP contribution >= 0.6 is 0 Å². The average Bonchev–Trinajstić information content (AvgIpc) is 2.74. The Morgan fingerprint density at radius 3 is 2.00 bits per heavy atom. The number of benzene rings is 3. The minimum absolute atomic E-state index is 0.663. The van der Waals surface area contributed by atoms with Crippen molar-refractivity contribution in [2.45, 2.75) is 0 Å². The normalized spacial score (nSPS) is 14.1. The van der Waals surface area contributed by atoms with Crippen molar-refractivity contribution in [1.82, 2.24) is 0 Å². The monoisotopic (exact) mass is 356 g/mol. The number of hydrogen-bond donors (Lipinski definition) is 0. The van der Waals surface area contributed by atoms with Crippen molar-refractivity contribution in [1.29, 1.82) is 0 Å². The highest BCUT2D eigenvalue weighted by Gasteiger charge is 2.25. The van der Waals surface area contributed by atoms with E-state index in [1.165, 1.54) is 11.4 Å². The topological polar surface area (TPSA) is 15.7 Å². The van der Waals surface area contributed by atoms with Gasteiger partial charge in [-0.15, -0.1) is 0 Å². The van der Waals surface area contributed by atoms with Gasteiger partial charge in [0.1, 0.15) is 6.61 Å². The number of nitrogens with zero attached hydrogens (tertiary/aromatic N) is 2. The van der Waals surface area contributed by atoms with Gasteiger partial charge in [0.25, 0.3) is 0 Å². The summed E-state index contributed by atoms with van der Waals surface area (Å²) in [5.74, 6) is 0.932. The molecule has 0 aromatic heterocycles. The number of anilines is 2. The van der Waals surface area contributed by atoms with Gasteiger partial charge in [0.2, 0.25) is 0 Å². The molecule has 136 valence electrons. The summed E-state index contributed by atoms with van der Waals surface area (Å²) in [4.78, 5) is 4.46.